The summed E-state index contributed by atoms with van der Waals surface area (Å²) >= 11 is 0. The fraction of sp³-hybridized carbons (Fsp3) is 0.200. The third-order valence-corrected chi connectivity index (χ3v) is 3.78. The molecule has 27 heavy (non-hydrogen) atoms. The van der Waals surface area contributed by atoms with Crippen LogP contribution in [0.15, 0.2) is 59.7 Å². The van der Waals surface area contributed by atoms with Gasteiger partial charge in [0.05, 0.1) is 13.5 Å². The fourth-order valence-electron chi connectivity index (χ4n) is 2.25. The van der Waals surface area contributed by atoms with Gasteiger partial charge in [-0.25, -0.2) is 10.2 Å². The molecule has 1 N–H and O–H groups in total. The van der Waals surface area contributed by atoms with E-state index < -0.39 is 11.9 Å². The van der Waals surface area contributed by atoms with Crippen LogP contribution in [-0.4, -0.2) is 44.6 Å². The van der Waals surface area contributed by atoms with Gasteiger partial charge in [0.2, 0.25) is 0 Å². The molecule has 0 aliphatic carbocycles. The molecule has 0 spiro atoms. The Morgan fingerprint density at radius 3 is 2.15 bits per heavy atom. The number of hydrogen-bond acceptors (Lipinski definition) is 6. The lowest BCUT2D eigenvalue weighted by Crippen LogP contribution is -2.26. The van der Waals surface area contributed by atoms with Crippen molar-refractivity contribution in [3.8, 4) is 0 Å². The van der Waals surface area contributed by atoms with Crippen molar-refractivity contribution in [3.05, 3.63) is 65.7 Å². The Morgan fingerprint density at radius 2 is 1.59 bits per heavy atom. The van der Waals surface area contributed by atoms with Crippen molar-refractivity contribution in [3.63, 3.8) is 0 Å². The smallest absolute Gasteiger partial charge is 0.354 e. The third kappa shape index (κ3) is 5.50. The summed E-state index contributed by atoms with van der Waals surface area (Å²) in [6, 6.07) is 15.4. The van der Waals surface area contributed by atoms with Gasteiger partial charge in [-0.1, -0.05) is 18.2 Å². The molecule has 0 saturated carbocycles. The summed E-state index contributed by atoms with van der Waals surface area (Å²) in [5, 5.41) is 3.80. The first-order valence-corrected chi connectivity index (χ1v) is 8.23. The minimum absolute atomic E-state index is 0.177. The molecule has 0 bridgehead atoms. The van der Waals surface area contributed by atoms with Crippen LogP contribution in [0.2, 0.25) is 0 Å². The highest BCUT2D eigenvalue weighted by molar-refractivity contribution is 6.40. The van der Waals surface area contributed by atoms with Gasteiger partial charge in [-0.05, 0) is 36.4 Å². The average molecular weight is 367 g/mol. The zero-order valence-corrected chi connectivity index (χ0v) is 15.4. The normalized spacial score (nSPS) is 10.9. The molecule has 2 aromatic carbocycles. The summed E-state index contributed by atoms with van der Waals surface area (Å²) in [4.78, 5) is 38.3. The van der Waals surface area contributed by atoms with E-state index in [0.29, 0.717) is 11.1 Å². The lowest BCUT2D eigenvalue weighted by molar-refractivity contribution is -0.132. The van der Waals surface area contributed by atoms with Gasteiger partial charge in [-0.15, -0.1) is 0 Å². The van der Waals surface area contributed by atoms with E-state index in [9.17, 15) is 14.4 Å². The van der Waals surface area contributed by atoms with E-state index >= 15 is 0 Å². The molecule has 0 aliphatic rings. The predicted octanol–water partition coefficient (Wildman–Crippen LogP) is 2.28. The summed E-state index contributed by atoms with van der Waals surface area (Å²) in [6.07, 6.45) is -0.289. The van der Waals surface area contributed by atoms with Crippen LogP contribution in [0.5, 0.6) is 0 Å². The first-order chi connectivity index (χ1) is 12.9. The van der Waals surface area contributed by atoms with Crippen molar-refractivity contribution in [2.45, 2.75) is 6.42 Å². The number of methoxy groups -OCH3 is 1. The molecule has 1 amide bonds. The van der Waals surface area contributed by atoms with Gasteiger partial charge in [-0.2, -0.15) is 5.10 Å². The van der Waals surface area contributed by atoms with Crippen LogP contribution in [0.3, 0.4) is 0 Å². The Kier molecular flexibility index (Phi) is 6.82. The van der Waals surface area contributed by atoms with Gasteiger partial charge in [-0.3, -0.25) is 9.59 Å². The number of Topliss-reactive ketones (excluding diaryl/α,β-unsaturated/α-hetero) is 1. The van der Waals surface area contributed by atoms with E-state index in [4.69, 9.17) is 0 Å². The second-order valence-corrected chi connectivity index (χ2v) is 5.90. The number of hydrazone groups is 1. The largest absolute Gasteiger partial charge is 0.464 e. The van der Waals surface area contributed by atoms with Crippen LogP contribution in [0, 0.1) is 0 Å². The van der Waals surface area contributed by atoms with Crippen LogP contribution < -0.4 is 10.3 Å². The van der Waals surface area contributed by atoms with Gasteiger partial charge in [0.25, 0.3) is 5.91 Å². The molecule has 2 rings (SSSR count). The first kappa shape index (κ1) is 19.8. The van der Waals surface area contributed by atoms with E-state index in [2.05, 4.69) is 15.3 Å². The molecule has 7 nitrogen and oxygen atoms in total. The molecular weight excluding hydrogens is 346 g/mol. The topological polar surface area (TPSA) is 88.1 Å². The molecule has 2 aromatic rings. The van der Waals surface area contributed by atoms with E-state index in [0.717, 1.165) is 5.69 Å². The number of carbonyl (C=O) groups is 3. The Balaban J connectivity index is 2.12. The van der Waals surface area contributed by atoms with Gasteiger partial charge in [0.1, 0.15) is 0 Å². The molecular formula is C20H21N3O4. The van der Waals surface area contributed by atoms with Gasteiger partial charge < -0.3 is 9.64 Å². The summed E-state index contributed by atoms with van der Waals surface area (Å²) in [6.45, 7) is 0. The Labute approximate surface area is 157 Å². The molecule has 0 fully saturated rings. The number of anilines is 1. The minimum Gasteiger partial charge on any atom is -0.464 e. The van der Waals surface area contributed by atoms with E-state index in [1.54, 1.807) is 54.6 Å². The number of rotatable bonds is 7. The highest BCUT2D eigenvalue weighted by Crippen LogP contribution is 2.14. The maximum atomic E-state index is 12.5. The number of nitrogens with zero attached hydrogens (tertiary/aromatic N) is 2. The van der Waals surface area contributed by atoms with Crippen molar-refractivity contribution in [2.75, 3.05) is 26.1 Å². The Morgan fingerprint density at radius 1 is 0.963 bits per heavy atom. The Bertz CT molecular complexity index is 843. The van der Waals surface area contributed by atoms with Crippen molar-refractivity contribution in [1.29, 1.82) is 0 Å². The molecule has 0 heterocycles. The summed E-state index contributed by atoms with van der Waals surface area (Å²) in [7, 11) is 4.98. The predicted molar refractivity (Wildman–Crippen MR) is 103 cm³/mol. The first-order valence-electron chi connectivity index (χ1n) is 8.23. The van der Waals surface area contributed by atoms with Crippen LogP contribution in [0.25, 0.3) is 0 Å². The number of hydrogen-bond donors (Lipinski definition) is 1. The highest BCUT2D eigenvalue weighted by Gasteiger charge is 2.19. The maximum absolute atomic E-state index is 12.5. The van der Waals surface area contributed by atoms with Crippen molar-refractivity contribution >= 4 is 29.1 Å². The maximum Gasteiger partial charge on any atom is 0.354 e. The van der Waals surface area contributed by atoms with E-state index in [1.807, 2.05) is 19.0 Å². The summed E-state index contributed by atoms with van der Waals surface area (Å²) in [5.41, 5.74) is 3.88. The van der Waals surface area contributed by atoms with Crippen molar-refractivity contribution in [1.82, 2.24) is 5.43 Å². The standard InChI is InChI=1S/C20H21N3O4/c1-23(2)16-11-9-14(10-12-16)18(24)13-17(20(26)27-3)21-22-19(25)15-7-5-4-6-8-15/h4-12H,13H2,1-3H3,(H,22,25)/b21-17+. The number of amides is 1. The van der Waals surface area contributed by atoms with Crippen molar-refractivity contribution < 1.29 is 19.1 Å². The third-order valence-electron chi connectivity index (χ3n) is 3.78. The molecule has 7 heteroatoms. The van der Waals surface area contributed by atoms with E-state index in [1.165, 1.54) is 7.11 Å². The molecule has 0 aliphatic heterocycles. The molecule has 140 valence electrons. The number of carbonyl (C=O) groups excluding carboxylic acids is 3. The molecule has 0 saturated heterocycles. The minimum atomic E-state index is -0.776. The van der Waals surface area contributed by atoms with Gasteiger partial charge in [0.15, 0.2) is 11.5 Å². The number of benzene rings is 2. The zero-order valence-electron chi connectivity index (χ0n) is 15.4. The summed E-state index contributed by atoms with van der Waals surface area (Å²) < 4.78 is 4.66. The molecule has 0 aromatic heterocycles. The van der Waals surface area contributed by atoms with Gasteiger partial charge in [0, 0.05) is 30.9 Å². The number of ketones is 1. The average Bonchev–Trinajstić information content (AvgIpc) is 2.70. The number of ether oxygens (including phenoxy) is 1. The van der Waals surface area contributed by atoms with Crippen LogP contribution in [0.4, 0.5) is 5.69 Å². The Hall–Kier alpha value is -3.48. The molecule has 0 unspecified atom stereocenters. The molecule has 0 atom stereocenters. The fourth-order valence-corrected chi connectivity index (χ4v) is 2.25. The quantitative estimate of drug-likeness (QED) is 0.351. The lowest BCUT2D eigenvalue weighted by Gasteiger charge is -2.12. The second kappa shape index (κ2) is 9.28. The van der Waals surface area contributed by atoms with Crippen LogP contribution in [0.1, 0.15) is 27.1 Å². The van der Waals surface area contributed by atoms with E-state index in [-0.39, 0.29) is 17.9 Å². The monoisotopic (exact) mass is 367 g/mol. The second-order valence-electron chi connectivity index (χ2n) is 5.90. The van der Waals surface area contributed by atoms with Crippen molar-refractivity contribution in [2.24, 2.45) is 5.10 Å². The number of nitrogens with one attached hydrogen (secondary N) is 1. The number of esters is 1. The highest BCUT2D eigenvalue weighted by atomic mass is 16.5. The zero-order chi connectivity index (χ0) is 19.8. The van der Waals surface area contributed by atoms with Crippen LogP contribution in [-0.2, 0) is 9.53 Å². The lowest BCUT2D eigenvalue weighted by atomic mass is 10.1. The van der Waals surface area contributed by atoms with Crippen LogP contribution >= 0.6 is 0 Å². The molecule has 0 radical (unpaired) electrons. The van der Waals surface area contributed by atoms with Gasteiger partial charge >= 0.3 is 5.97 Å². The summed E-state index contributed by atoms with van der Waals surface area (Å²) in [5.74, 6) is -1.57. The SMILES string of the molecule is COC(=O)/C(CC(=O)c1ccc(N(C)C)cc1)=N/NC(=O)c1ccccc1.